The highest BCUT2D eigenvalue weighted by Crippen LogP contribution is 2.16. The number of hydrogen-bond acceptors (Lipinski definition) is 4. The number of aromatic nitrogens is 2. The summed E-state index contributed by atoms with van der Waals surface area (Å²) in [4.78, 5) is 16.8. The van der Waals surface area contributed by atoms with Crippen molar-refractivity contribution in [2.45, 2.75) is 0 Å². The van der Waals surface area contributed by atoms with Crippen LogP contribution in [0.15, 0.2) is 54.9 Å². The molecular formula is C17H16N2O3. The molecule has 0 radical (unpaired) electrons. The predicted octanol–water partition coefficient (Wildman–Crippen LogP) is 2.75. The zero-order valence-corrected chi connectivity index (χ0v) is 12.2. The number of nitrogens with zero attached hydrogens (tertiary/aromatic N) is 2. The summed E-state index contributed by atoms with van der Waals surface area (Å²) in [6.45, 7) is 1.01. The van der Waals surface area contributed by atoms with Crippen molar-refractivity contribution in [2.75, 3.05) is 20.3 Å². The molecule has 0 spiro atoms. The number of rotatable bonds is 5. The van der Waals surface area contributed by atoms with Crippen molar-refractivity contribution in [3.63, 3.8) is 0 Å². The van der Waals surface area contributed by atoms with E-state index in [1.807, 2.05) is 24.3 Å². The van der Waals surface area contributed by atoms with Crippen molar-refractivity contribution >= 4 is 16.9 Å². The van der Waals surface area contributed by atoms with Crippen LogP contribution >= 0.6 is 0 Å². The number of fused-ring (bicyclic) bond motifs is 1. The van der Waals surface area contributed by atoms with Crippen LogP contribution in [0.2, 0.25) is 0 Å². The first-order valence-corrected chi connectivity index (χ1v) is 6.98. The van der Waals surface area contributed by atoms with Gasteiger partial charge in [-0.05, 0) is 36.4 Å². The van der Waals surface area contributed by atoms with Crippen molar-refractivity contribution < 1.29 is 14.3 Å². The van der Waals surface area contributed by atoms with Gasteiger partial charge in [0.25, 0.3) is 5.91 Å². The zero-order valence-electron chi connectivity index (χ0n) is 12.2. The van der Waals surface area contributed by atoms with Crippen molar-refractivity contribution in [3.05, 3.63) is 60.4 Å². The summed E-state index contributed by atoms with van der Waals surface area (Å²) in [5.41, 5.74) is 2.19. The number of para-hydroxylation sites is 2. The maximum absolute atomic E-state index is 12.6. The first kappa shape index (κ1) is 14.3. The number of methoxy groups -OCH3 is 1. The predicted molar refractivity (Wildman–Crippen MR) is 83.3 cm³/mol. The Morgan fingerprint density at radius 3 is 2.64 bits per heavy atom. The van der Waals surface area contributed by atoms with E-state index < -0.39 is 0 Å². The Morgan fingerprint density at radius 1 is 1.09 bits per heavy atom. The van der Waals surface area contributed by atoms with Gasteiger partial charge in [0.2, 0.25) is 0 Å². The van der Waals surface area contributed by atoms with Gasteiger partial charge in [0.1, 0.15) is 18.7 Å². The minimum atomic E-state index is -0.114. The van der Waals surface area contributed by atoms with Crippen LogP contribution in [0.3, 0.4) is 0 Å². The Labute approximate surface area is 128 Å². The van der Waals surface area contributed by atoms with Gasteiger partial charge in [-0.15, -0.1) is 0 Å². The number of hydrogen-bond donors (Lipinski definition) is 0. The highest BCUT2D eigenvalue weighted by Gasteiger charge is 2.12. The molecule has 0 fully saturated rings. The molecule has 2 aromatic carbocycles. The lowest BCUT2D eigenvalue weighted by Crippen LogP contribution is -2.10. The number of ether oxygens (including phenoxy) is 2. The Morgan fingerprint density at radius 2 is 1.86 bits per heavy atom. The number of carbonyl (C=O) groups is 1. The minimum Gasteiger partial charge on any atom is -0.491 e. The normalized spacial score (nSPS) is 10.8. The van der Waals surface area contributed by atoms with Crippen molar-refractivity contribution in [1.29, 1.82) is 0 Å². The van der Waals surface area contributed by atoms with Gasteiger partial charge < -0.3 is 9.47 Å². The second-order valence-electron chi connectivity index (χ2n) is 4.77. The van der Waals surface area contributed by atoms with Gasteiger partial charge in [0.05, 0.1) is 17.6 Å². The monoisotopic (exact) mass is 296 g/mol. The van der Waals surface area contributed by atoms with Gasteiger partial charge in [0, 0.05) is 12.7 Å². The average molecular weight is 296 g/mol. The summed E-state index contributed by atoms with van der Waals surface area (Å²) in [5, 5.41) is 0. The fourth-order valence-corrected chi connectivity index (χ4v) is 2.20. The fourth-order valence-electron chi connectivity index (χ4n) is 2.20. The van der Waals surface area contributed by atoms with Crippen LogP contribution < -0.4 is 4.74 Å². The highest BCUT2D eigenvalue weighted by atomic mass is 16.5. The second kappa shape index (κ2) is 6.41. The van der Waals surface area contributed by atoms with Gasteiger partial charge in [-0.1, -0.05) is 12.1 Å². The third-order valence-electron chi connectivity index (χ3n) is 3.33. The molecule has 0 N–H and O–H groups in total. The molecule has 0 aliphatic rings. The van der Waals surface area contributed by atoms with Crippen LogP contribution in [-0.4, -0.2) is 35.8 Å². The summed E-state index contributed by atoms with van der Waals surface area (Å²) in [6, 6.07) is 14.6. The summed E-state index contributed by atoms with van der Waals surface area (Å²) >= 11 is 0. The zero-order chi connectivity index (χ0) is 15.4. The number of carbonyl (C=O) groups excluding carboxylic acids is 1. The van der Waals surface area contributed by atoms with Gasteiger partial charge in [-0.3, -0.25) is 9.36 Å². The summed E-state index contributed by atoms with van der Waals surface area (Å²) in [6.07, 6.45) is 1.55. The average Bonchev–Trinajstić information content (AvgIpc) is 2.99. The van der Waals surface area contributed by atoms with Crippen molar-refractivity contribution in [1.82, 2.24) is 9.55 Å². The molecule has 0 atom stereocenters. The topological polar surface area (TPSA) is 53.4 Å². The molecule has 0 unspecified atom stereocenters. The first-order valence-electron chi connectivity index (χ1n) is 6.98. The SMILES string of the molecule is COCCOc1ccc(C(=O)n2cnc3ccccc32)cc1. The third kappa shape index (κ3) is 2.84. The highest BCUT2D eigenvalue weighted by molar-refractivity contribution is 6.01. The Bertz CT molecular complexity index is 778. The molecule has 112 valence electrons. The van der Waals surface area contributed by atoms with E-state index in [4.69, 9.17) is 9.47 Å². The summed E-state index contributed by atoms with van der Waals surface area (Å²) in [5.74, 6) is 0.598. The van der Waals surface area contributed by atoms with Crippen LogP contribution in [0, 0.1) is 0 Å². The summed E-state index contributed by atoms with van der Waals surface area (Å²) in [7, 11) is 1.63. The molecular weight excluding hydrogens is 280 g/mol. The molecule has 5 nitrogen and oxygen atoms in total. The molecule has 0 saturated heterocycles. The lowest BCUT2D eigenvalue weighted by molar-refractivity contribution is 0.0964. The smallest absolute Gasteiger partial charge is 0.263 e. The lowest BCUT2D eigenvalue weighted by Gasteiger charge is -2.07. The molecule has 0 saturated carbocycles. The quantitative estimate of drug-likeness (QED) is 0.679. The van der Waals surface area contributed by atoms with E-state index in [2.05, 4.69) is 4.98 Å². The van der Waals surface area contributed by atoms with Crippen LogP contribution in [0.25, 0.3) is 11.0 Å². The van der Waals surface area contributed by atoms with Gasteiger partial charge in [0.15, 0.2) is 0 Å². The van der Waals surface area contributed by atoms with Crippen LogP contribution in [0.1, 0.15) is 10.4 Å². The van der Waals surface area contributed by atoms with Gasteiger partial charge in [-0.2, -0.15) is 0 Å². The molecule has 0 aliphatic carbocycles. The van der Waals surface area contributed by atoms with Crippen LogP contribution in [0.5, 0.6) is 5.75 Å². The Kier molecular flexibility index (Phi) is 4.16. The largest absolute Gasteiger partial charge is 0.491 e. The van der Waals surface area contributed by atoms with Crippen molar-refractivity contribution in [3.8, 4) is 5.75 Å². The molecule has 1 aromatic heterocycles. The van der Waals surface area contributed by atoms with Gasteiger partial charge >= 0.3 is 0 Å². The standard InChI is InChI=1S/C17H16N2O3/c1-21-10-11-22-14-8-6-13(7-9-14)17(20)19-12-18-15-4-2-3-5-16(15)19/h2-9,12H,10-11H2,1H3. The summed E-state index contributed by atoms with van der Waals surface area (Å²) < 4.78 is 12.0. The van der Waals surface area contributed by atoms with E-state index in [1.54, 1.807) is 42.3 Å². The van der Waals surface area contributed by atoms with E-state index >= 15 is 0 Å². The minimum absolute atomic E-state index is 0.114. The molecule has 0 amide bonds. The van der Waals surface area contributed by atoms with E-state index in [0.29, 0.717) is 24.5 Å². The van der Waals surface area contributed by atoms with Crippen molar-refractivity contribution in [2.24, 2.45) is 0 Å². The molecule has 1 heterocycles. The van der Waals surface area contributed by atoms with Gasteiger partial charge in [-0.25, -0.2) is 4.98 Å². The maximum Gasteiger partial charge on any atom is 0.263 e. The molecule has 0 bridgehead atoms. The third-order valence-corrected chi connectivity index (χ3v) is 3.33. The van der Waals surface area contributed by atoms with E-state index in [9.17, 15) is 4.79 Å². The molecule has 5 heteroatoms. The van der Waals surface area contributed by atoms with E-state index in [-0.39, 0.29) is 5.91 Å². The maximum atomic E-state index is 12.6. The van der Waals surface area contributed by atoms with Crippen LogP contribution in [0.4, 0.5) is 0 Å². The number of imidazole rings is 1. The van der Waals surface area contributed by atoms with Crippen LogP contribution in [-0.2, 0) is 4.74 Å². The first-order chi connectivity index (χ1) is 10.8. The Hall–Kier alpha value is -2.66. The molecule has 22 heavy (non-hydrogen) atoms. The molecule has 0 aliphatic heterocycles. The molecule has 3 rings (SSSR count). The lowest BCUT2D eigenvalue weighted by atomic mass is 10.2. The van der Waals surface area contributed by atoms with E-state index in [1.165, 1.54) is 0 Å². The van der Waals surface area contributed by atoms with E-state index in [0.717, 1.165) is 11.0 Å². The second-order valence-corrected chi connectivity index (χ2v) is 4.77. The molecule has 3 aromatic rings. The number of benzene rings is 2. The Balaban J connectivity index is 1.80. The fraction of sp³-hybridized carbons (Fsp3) is 0.176.